The predicted octanol–water partition coefficient (Wildman–Crippen LogP) is 1.29. The van der Waals surface area contributed by atoms with Crippen LogP contribution in [0, 0.1) is 0 Å². The maximum Gasteiger partial charge on any atom is 0.326 e. The first kappa shape index (κ1) is 30.0. The molecule has 0 radical (unpaired) electrons. The first-order valence-electron chi connectivity index (χ1n) is 14.2. The number of carboxylic acids is 1. The number of carbonyl (C=O) groups excluding carboxylic acids is 3. The van der Waals surface area contributed by atoms with Crippen LogP contribution in [0.15, 0.2) is 73.4 Å². The summed E-state index contributed by atoms with van der Waals surface area (Å²) >= 11 is 0. The number of H-pyrrole nitrogens is 3. The molecule has 13 heteroatoms. The van der Waals surface area contributed by atoms with Crippen LogP contribution in [0.4, 0.5) is 0 Å². The molecule has 0 saturated carbocycles. The highest BCUT2D eigenvalue weighted by atomic mass is 16.4. The highest BCUT2D eigenvalue weighted by molar-refractivity contribution is 5.95. The fourth-order valence-electron chi connectivity index (χ4n) is 5.13. The third kappa shape index (κ3) is 6.95. The van der Waals surface area contributed by atoms with E-state index in [0.29, 0.717) is 5.69 Å². The number of benzene rings is 2. The Bertz CT molecular complexity index is 1780. The molecule has 3 amide bonds. The van der Waals surface area contributed by atoms with Gasteiger partial charge in [-0.05, 0) is 36.6 Å². The van der Waals surface area contributed by atoms with Gasteiger partial charge in [-0.25, -0.2) is 9.78 Å². The summed E-state index contributed by atoms with van der Waals surface area (Å²) in [6, 6.07) is 10.9. The number of nitrogens with one attached hydrogen (secondary N) is 6. The van der Waals surface area contributed by atoms with Crippen LogP contribution in [0.25, 0.3) is 21.8 Å². The maximum atomic E-state index is 13.6. The molecule has 4 atom stereocenters. The van der Waals surface area contributed by atoms with Crippen LogP contribution in [-0.2, 0) is 38.4 Å². The van der Waals surface area contributed by atoms with Crippen LogP contribution in [-0.4, -0.2) is 72.9 Å². The molecule has 2 aromatic carbocycles. The van der Waals surface area contributed by atoms with E-state index >= 15 is 0 Å². The van der Waals surface area contributed by atoms with E-state index in [4.69, 9.17) is 5.73 Å². The average Bonchev–Trinajstić information content (AvgIpc) is 3.77. The number of carbonyl (C=O) groups is 4. The van der Waals surface area contributed by atoms with Crippen LogP contribution >= 0.6 is 0 Å². The van der Waals surface area contributed by atoms with Crippen LogP contribution in [0.1, 0.15) is 23.7 Å². The van der Waals surface area contributed by atoms with Gasteiger partial charge in [0.15, 0.2) is 0 Å². The molecule has 3 heterocycles. The van der Waals surface area contributed by atoms with Gasteiger partial charge in [-0.15, -0.1) is 0 Å². The zero-order chi connectivity index (χ0) is 31.2. The Morgan fingerprint density at radius 1 is 0.773 bits per heavy atom. The predicted molar refractivity (Wildman–Crippen MR) is 163 cm³/mol. The van der Waals surface area contributed by atoms with Crippen molar-refractivity contribution in [2.75, 3.05) is 0 Å². The van der Waals surface area contributed by atoms with Gasteiger partial charge < -0.3 is 41.7 Å². The van der Waals surface area contributed by atoms with Crippen molar-refractivity contribution in [2.45, 2.75) is 50.4 Å². The second kappa shape index (κ2) is 13.3. The number of fused-ring (bicyclic) bond motifs is 2. The summed E-state index contributed by atoms with van der Waals surface area (Å²) in [4.78, 5) is 64.6. The van der Waals surface area contributed by atoms with Gasteiger partial charge in [0.1, 0.15) is 18.1 Å². The molecular formula is C31H34N8O5. The lowest BCUT2D eigenvalue weighted by Crippen LogP contribution is -2.57. The van der Waals surface area contributed by atoms with Crippen LogP contribution in [0.2, 0.25) is 0 Å². The molecule has 0 aliphatic rings. The number of hydrogen-bond donors (Lipinski definition) is 8. The van der Waals surface area contributed by atoms with E-state index < -0.39 is 47.9 Å². The van der Waals surface area contributed by atoms with Gasteiger partial charge >= 0.3 is 5.97 Å². The Hall–Kier alpha value is -5.43. The number of aliphatic carboxylic acids is 1. The van der Waals surface area contributed by atoms with Crippen molar-refractivity contribution < 1.29 is 24.3 Å². The maximum absolute atomic E-state index is 13.6. The fourth-order valence-corrected chi connectivity index (χ4v) is 5.13. The van der Waals surface area contributed by atoms with Crippen molar-refractivity contribution in [3.8, 4) is 0 Å². The van der Waals surface area contributed by atoms with Crippen molar-refractivity contribution in [3.63, 3.8) is 0 Å². The largest absolute Gasteiger partial charge is 0.480 e. The summed E-state index contributed by atoms with van der Waals surface area (Å²) in [5, 5.41) is 19.3. The Morgan fingerprint density at radius 3 is 1.95 bits per heavy atom. The Labute approximate surface area is 252 Å². The number of aromatic nitrogens is 4. The Balaban J connectivity index is 1.29. The lowest BCUT2D eigenvalue weighted by molar-refractivity contribution is -0.142. The Morgan fingerprint density at radius 2 is 1.36 bits per heavy atom. The van der Waals surface area contributed by atoms with E-state index in [1.807, 2.05) is 54.7 Å². The summed E-state index contributed by atoms with van der Waals surface area (Å²) in [5.41, 5.74) is 10.3. The smallest absolute Gasteiger partial charge is 0.326 e. The molecule has 0 aliphatic heterocycles. The van der Waals surface area contributed by atoms with Gasteiger partial charge in [0.2, 0.25) is 17.7 Å². The molecular weight excluding hydrogens is 564 g/mol. The van der Waals surface area contributed by atoms with Gasteiger partial charge in [-0.2, -0.15) is 0 Å². The minimum Gasteiger partial charge on any atom is -0.480 e. The number of nitrogens with zero attached hydrogens (tertiary/aromatic N) is 1. The van der Waals surface area contributed by atoms with Gasteiger partial charge in [0.05, 0.1) is 12.4 Å². The molecule has 4 unspecified atom stereocenters. The highest BCUT2D eigenvalue weighted by Gasteiger charge is 2.29. The standard InChI is InChI=1S/C31H34N8O5/c1-17(28(40)39-27(31(43)44)12-20-15-33-16-36-20)37-30(42)26(11-19-14-35-25-9-5-3-7-22(19)25)38-29(41)23(32)10-18-13-34-24-8-4-2-6-21(18)24/h2-9,13-17,23,26-27,34-35H,10-12,32H2,1H3,(H,33,36)(H,37,42)(H,38,41)(H,39,40)(H,43,44). The number of hydrogen-bond acceptors (Lipinski definition) is 6. The second-order valence-electron chi connectivity index (χ2n) is 10.7. The molecule has 3 aromatic heterocycles. The molecule has 13 nitrogen and oxygen atoms in total. The summed E-state index contributed by atoms with van der Waals surface area (Å²) in [7, 11) is 0. The first-order valence-corrected chi connectivity index (χ1v) is 14.2. The van der Waals surface area contributed by atoms with E-state index in [-0.39, 0.29) is 19.3 Å². The molecule has 0 spiro atoms. The molecule has 0 fully saturated rings. The zero-order valence-electron chi connectivity index (χ0n) is 24.0. The third-order valence-electron chi connectivity index (χ3n) is 7.53. The minimum absolute atomic E-state index is 0.0185. The molecule has 0 bridgehead atoms. The number of rotatable bonds is 13. The zero-order valence-corrected chi connectivity index (χ0v) is 24.0. The van der Waals surface area contributed by atoms with E-state index in [1.165, 1.54) is 19.4 Å². The molecule has 44 heavy (non-hydrogen) atoms. The number of carboxylic acid groups (broad SMARTS) is 1. The number of para-hydroxylation sites is 2. The van der Waals surface area contributed by atoms with Crippen LogP contribution in [0.5, 0.6) is 0 Å². The van der Waals surface area contributed by atoms with E-state index in [0.717, 1.165) is 32.9 Å². The van der Waals surface area contributed by atoms with E-state index in [1.54, 1.807) is 6.20 Å². The normalized spacial score (nSPS) is 14.0. The van der Waals surface area contributed by atoms with E-state index in [9.17, 15) is 24.3 Å². The van der Waals surface area contributed by atoms with E-state index in [2.05, 4.69) is 35.9 Å². The lowest BCUT2D eigenvalue weighted by Gasteiger charge is -2.23. The molecule has 5 rings (SSSR count). The van der Waals surface area contributed by atoms with Crippen molar-refractivity contribution >= 4 is 45.5 Å². The quantitative estimate of drug-likeness (QED) is 0.0994. The highest BCUT2D eigenvalue weighted by Crippen LogP contribution is 2.21. The minimum atomic E-state index is -1.24. The van der Waals surface area contributed by atoms with Crippen molar-refractivity contribution in [1.29, 1.82) is 0 Å². The third-order valence-corrected chi connectivity index (χ3v) is 7.53. The summed E-state index contributed by atoms with van der Waals surface area (Å²) in [6.45, 7) is 1.44. The second-order valence-corrected chi connectivity index (χ2v) is 10.7. The van der Waals surface area contributed by atoms with Gasteiger partial charge in [0.25, 0.3) is 0 Å². The summed E-state index contributed by atoms with van der Waals surface area (Å²) in [6.07, 6.45) is 6.80. The average molecular weight is 599 g/mol. The summed E-state index contributed by atoms with van der Waals surface area (Å²) in [5.74, 6) is -3.08. The van der Waals surface area contributed by atoms with Crippen molar-refractivity contribution in [2.24, 2.45) is 5.73 Å². The molecule has 0 aliphatic carbocycles. The van der Waals surface area contributed by atoms with Crippen molar-refractivity contribution in [3.05, 3.63) is 90.3 Å². The molecule has 228 valence electrons. The Kier molecular flexibility index (Phi) is 9.05. The number of nitrogens with two attached hydrogens (primary N) is 1. The molecule has 9 N–H and O–H groups in total. The van der Waals surface area contributed by atoms with Gasteiger partial charge in [0, 0.05) is 58.9 Å². The van der Waals surface area contributed by atoms with Crippen LogP contribution in [0.3, 0.4) is 0 Å². The summed E-state index contributed by atoms with van der Waals surface area (Å²) < 4.78 is 0. The monoisotopic (exact) mass is 598 g/mol. The first-order chi connectivity index (χ1) is 21.2. The lowest BCUT2D eigenvalue weighted by atomic mass is 10.0. The molecule has 0 saturated heterocycles. The van der Waals surface area contributed by atoms with Crippen LogP contribution < -0.4 is 21.7 Å². The number of amides is 3. The SMILES string of the molecule is CC(NC(=O)C(Cc1c[nH]c2ccccc12)NC(=O)C(N)Cc1c[nH]c2ccccc12)C(=O)NC(Cc1cnc[nH]1)C(=O)O. The van der Waals surface area contributed by atoms with Gasteiger partial charge in [-0.1, -0.05) is 36.4 Å². The van der Waals surface area contributed by atoms with Crippen molar-refractivity contribution in [1.82, 2.24) is 35.9 Å². The topological polar surface area (TPSA) is 211 Å². The fraction of sp³-hybridized carbons (Fsp3) is 0.258. The van der Waals surface area contributed by atoms with Gasteiger partial charge in [-0.3, -0.25) is 14.4 Å². The molecule has 5 aromatic rings. The number of imidazole rings is 1. The number of aromatic amines is 3.